The van der Waals surface area contributed by atoms with Crippen molar-refractivity contribution in [2.45, 2.75) is 17.8 Å². The lowest BCUT2D eigenvalue weighted by Gasteiger charge is -2.33. The Balaban J connectivity index is 1.04. The van der Waals surface area contributed by atoms with Crippen LogP contribution in [-0.4, -0.2) is 0 Å². The first-order valence-electron chi connectivity index (χ1n) is 21.6. The van der Waals surface area contributed by atoms with E-state index in [9.17, 15) is 0 Å². The van der Waals surface area contributed by atoms with E-state index in [2.05, 4.69) is 211 Å². The second kappa shape index (κ2) is 12.8. The first-order chi connectivity index (χ1) is 30.8. The van der Waals surface area contributed by atoms with E-state index in [1.54, 1.807) is 0 Å². The molecule has 0 saturated carbocycles. The van der Waals surface area contributed by atoms with E-state index >= 15 is 0 Å². The van der Waals surface area contributed by atoms with Crippen molar-refractivity contribution in [1.29, 1.82) is 0 Å². The molecule has 3 aliphatic rings. The lowest BCUT2D eigenvalue weighted by Crippen LogP contribution is -2.26. The SMILES string of the molecule is C1=Cc2c(oc3cc4ccccc4cc23)C(c2ccccc2N(c2ccc3c(c2)C2(c4ccccc4-c4ccccc42)c2ccccc2-3)c2cccc3c2sc2ccccc23)C1. The third-order valence-corrected chi connectivity index (χ3v) is 15.2. The highest BCUT2D eigenvalue weighted by molar-refractivity contribution is 7.26. The topological polar surface area (TPSA) is 16.4 Å². The minimum atomic E-state index is -0.454. The summed E-state index contributed by atoms with van der Waals surface area (Å²) < 4.78 is 9.55. The summed E-state index contributed by atoms with van der Waals surface area (Å²) in [4.78, 5) is 2.56. The maximum Gasteiger partial charge on any atom is 0.135 e. The molecule has 9 aromatic carbocycles. The predicted octanol–water partition coefficient (Wildman–Crippen LogP) is 16.3. The molecule has 0 bridgehead atoms. The average Bonchev–Trinajstić information content (AvgIpc) is 4.06. The second-order valence-electron chi connectivity index (χ2n) is 17.0. The molecule has 3 aliphatic carbocycles. The van der Waals surface area contributed by atoms with E-state index in [-0.39, 0.29) is 5.92 Å². The maximum absolute atomic E-state index is 6.98. The van der Waals surface area contributed by atoms with Crippen molar-refractivity contribution < 1.29 is 4.42 Å². The number of allylic oxidation sites excluding steroid dienone is 1. The number of nitrogens with zero attached hydrogens (tertiary/aromatic N) is 1. The predicted molar refractivity (Wildman–Crippen MR) is 260 cm³/mol. The summed E-state index contributed by atoms with van der Waals surface area (Å²) >= 11 is 1.88. The van der Waals surface area contributed by atoms with E-state index in [1.807, 2.05) is 11.3 Å². The van der Waals surface area contributed by atoms with Gasteiger partial charge in [0, 0.05) is 38.0 Å². The number of benzene rings is 9. The van der Waals surface area contributed by atoms with Gasteiger partial charge in [-0.05, 0) is 110 Å². The third kappa shape index (κ3) is 4.53. The summed E-state index contributed by atoms with van der Waals surface area (Å²) in [6, 6.07) is 72.4. The van der Waals surface area contributed by atoms with Crippen molar-refractivity contribution in [3.63, 3.8) is 0 Å². The Morgan fingerprint density at radius 3 is 1.89 bits per heavy atom. The quantitative estimate of drug-likeness (QED) is 0.176. The fourth-order valence-electron chi connectivity index (χ4n) is 11.5. The molecule has 2 heterocycles. The van der Waals surface area contributed by atoms with Gasteiger partial charge < -0.3 is 9.32 Å². The zero-order valence-corrected chi connectivity index (χ0v) is 34.5. The van der Waals surface area contributed by atoms with E-state index in [1.165, 1.54) is 97.7 Å². The zero-order chi connectivity index (χ0) is 40.5. The van der Waals surface area contributed by atoms with Crippen molar-refractivity contribution in [2.75, 3.05) is 4.90 Å². The Kier molecular flexibility index (Phi) is 7.06. The number of hydrogen-bond donors (Lipinski definition) is 0. The fraction of sp³-hybridized carbons (Fsp3) is 0.0508. The third-order valence-electron chi connectivity index (χ3n) is 14.0. The number of para-hydroxylation sites is 1. The van der Waals surface area contributed by atoms with Gasteiger partial charge in [-0.3, -0.25) is 0 Å². The van der Waals surface area contributed by atoms with Gasteiger partial charge in [0.15, 0.2) is 0 Å². The van der Waals surface area contributed by atoms with Gasteiger partial charge in [0.1, 0.15) is 11.3 Å². The van der Waals surface area contributed by atoms with Crippen molar-refractivity contribution >= 4 is 76.4 Å². The largest absolute Gasteiger partial charge is 0.460 e. The van der Waals surface area contributed by atoms with E-state index in [0.717, 1.165) is 29.1 Å². The molecular formula is C59H37NOS. The van der Waals surface area contributed by atoms with Crippen molar-refractivity contribution in [1.82, 2.24) is 0 Å². The van der Waals surface area contributed by atoms with Gasteiger partial charge >= 0.3 is 0 Å². The van der Waals surface area contributed by atoms with Crippen LogP contribution in [0.4, 0.5) is 17.1 Å². The molecule has 0 amide bonds. The van der Waals surface area contributed by atoms with Crippen LogP contribution in [0.15, 0.2) is 205 Å². The molecule has 0 fully saturated rings. The minimum Gasteiger partial charge on any atom is -0.460 e. The highest BCUT2D eigenvalue weighted by atomic mass is 32.1. The first kappa shape index (κ1) is 34.3. The summed E-state index contributed by atoms with van der Waals surface area (Å²) in [7, 11) is 0. The molecule has 0 N–H and O–H groups in total. The van der Waals surface area contributed by atoms with E-state index in [0.29, 0.717) is 0 Å². The van der Waals surface area contributed by atoms with Gasteiger partial charge in [-0.15, -0.1) is 11.3 Å². The van der Waals surface area contributed by atoms with Gasteiger partial charge in [0.2, 0.25) is 0 Å². The standard InChI is InChI=1S/C59H37NOS/c1-2-16-37-34-55-48(33-36(37)15-1)46-23-13-22-45(57(46)61-55)43-20-6-11-28-53(43)60(54-29-14-24-47-44-21-7-12-30-56(44)62-58(47)54)38-31-32-42-41-19-5-10-27-51(41)59(52(42)35-38)49-25-8-3-17-39(49)40-18-4-9-26-50(40)59/h1-21,23-35,45H,22H2. The number of fused-ring (bicyclic) bond motifs is 17. The highest BCUT2D eigenvalue weighted by Crippen LogP contribution is 2.63. The molecular weight excluding hydrogens is 771 g/mol. The normalized spacial score (nSPS) is 15.3. The molecule has 1 atom stereocenters. The van der Waals surface area contributed by atoms with Crippen LogP contribution in [-0.2, 0) is 5.41 Å². The van der Waals surface area contributed by atoms with Crippen LogP contribution in [0.5, 0.6) is 0 Å². The summed E-state index contributed by atoms with van der Waals surface area (Å²) in [5, 5.41) is 6.16. The van der Waals surface area contributed by atoms with E-state index < -0.39 is 5.41 Å². The van der Waals surface area contributed by atoms with Crippen LogP contribution in [0.1, 0.15) is 51.5 Å². The Labute approximate surface area is 363 Å². The lowest BCUT2D eigenvalue weighted by molar-refractivity contribution is 0.517. The Bertz CT molecular complexity index is 3650. The molecule has 3 heteroatoms. The number of anilines is 3. The van der Waals surface area contributed by atoms with Crippen molar-refractivity contribution in [3.8, 4) is 22.3 Å². The van der Waals surface area contributed by atoms with E-state index in [4.69, 9.17) is 4.42 Å². The molecule has 62 heavy (non-hydrogen) atoms. The van der Waals surface area contributed by atoms with Crippen LogP contribution in [0.3, 0.4) is 0 Å². The zero-order valence-electron chi connectivity index (χ0n) is 33.7. The molecule has 0 radical (unpaired) electrons. The molecule has 14 rings (SSSR count). The number of furan rings is 1. The molecule has 1 unspecified atom stereocenters. The Hall–Kier alpha value is -7.46. The second-order valence-corrected chi connectivity index (χ2v) is 18.1. The summed E-state index contributed by atoms with van der Waals surface area (Å²) in [6.45, 7) is 0. The Morgan fingerprint density at radius 1 is 0.500 bits per heavy atom. The van der Waals surface area contributed by atoms with Crippen LogP contribution in [0, 0.1) is 0 Å². The maximum atomic E-state index is 6.98. The molecule has 290 valence electrons. The smallest absolute Gasteiger partial charge is 0.135 e. The minimum absolute atomic E-state index is 0.0180. The molecule has 2 aromatic heterocycles. The van der Waals surface area contributed by atoms with Crippen LogP contribution >= 0.6 is 11.3 Å². The summed E-state index contributed by atoms with van der Waals surface area (Å²) in [5.74, 6) is 1.05. The number of rotatable bonds is 4. The van der Waals surface area contributed by atoms with Crippen LogP contribution in [0.25, 0.3) is 70.2 Å². The van der Waals surface area contributed by atoms with Crippen molar-refractivity contribution in [2.24, 2.45) is 0 Å². The summed E-state index contributed by atoms with van der Waals surface area (Å²) in [5.41, 5.74) is 17.0. The molecule has 2 nitrogen and oxygen atoms in total. The van der Waals surface area contributed by atoms with Gasteiger partial charge in [-0.1, -0.05) is 164 Å². The van der Waals surface area contributed by atoms with Crippen LogP contribution < -0.4 is 4.90 Å². The van der Waals surface area contributed by atoms with Gasteiger partial charge in [-0.25, -0.2) is 0 Å². The van der Waals surface area contributed by atoms with Gasteiger partial charge in [-0.2, -0.15) is 0 Å². The molecule has 0 aliphatic heterocycles. The fourth-order valence-corrected chi connectivity index (χ4v) is 12.7. The monoisotopic (exact) mass is 807 g/mol. The average molecular weight is 808 g/mol. The molecule has 0 saturated heterocycles. The van der Waals surface area contributed by atoms with Gasteiger partial charge in [0.25, 0.3) is 0 Å². The Morgan fingerprint density at radius 2 is 1.11 bits per heavy atom. The number of thiophene rings is 1. The lowest BCUT2D eigenvalue weighted by atomic mass is 9.70. The highest BCUT2D eigenvalue weighted by Gasteiger charge is 2.51. The first-order valence-corrected chi connectivity index (χ1v) is 22.4. The van der Waals surface area contributed by atoms with Crippen molar-refractivity contribution in [3.05, 3.63) is 239 Å². The molecule has 11 aromatic rings. The number of hydrogen-bond acceptors (Lipinski definition) is 3. The summed E-state index contributed by atoms with van der Waals surface area (Å²) in [6.07, 6.45) is 5.47. The molecule has 1 spiro atoms. The van der Waals surface area contributed by atoms with Gasteiger partial charge in [0.05, 0.1) is 21.5 Å². The van der Waals surface area contributed by atoms with Crippen LogP contribution in [0.2, 0.25) is 0 Å².